The first kappa shape index (κ1) is 48.8. The molecule has 0 bridgehead atoms. The van der Waals surface area contributed by atoms with Crippen LogP contribution in [0.1, 0.15) is 38.5 Å². The highest BCUT2D eigenvalue weighted by Gasteiger charge is 2.38. The summed E-state index contributed by atoms with van der Waals surface area (Å²) in [7, 11) is 6.63. The second-order valence-corrected chi connectivity index (χ2v) is 24.3. The van der Waals surface area contributed by atoms with E-state index in [2.05, 4.69) is 0 Å². The average Bonchev–Trinajstić information content (AvgIpc) is 3.16. The molecule has 1 aromatic heterocycles. The van der Waals surface area contributed by atoms with Gasteiger partial charge in [0, 0.05) is 102 Å². The highest BCUT2D eigenvalue weighted by Crippen LogP contribution is 2.20. The fourth-order valence-electron chi connectivity index (χ4n) is 5.38. The average molecular weight is 838 g/mol. The molecule has 21 heteroatoms. The van der Waals surface area contributed by atoms with Crippen molar-refractivity contribution in [1.29, 1.82) is 0 Å². The van der Waals surface area contributed by atoms with Gasteiger partial charge in [-0.25, -0.2) is 28.1 Å². The van der Waals surface area contributed by atoms with E-state index in [4.69, 9.17) is 39.8 Å². The van der Waals surface area contributed by atoms with Crippen LogP contribution in [0.25, 0.3) is 0 Å². The minimum Gasteiger partial charge on any atom is -0.377 e. The third-order valence-corrected chi connectivity index (χ3v) is 20.5. The Balaban J connectivity index is 2.87. The van der Waals surface area contributed by atoms with Gasteiger partial charge in [0.15, 0.2) is 0 Å². The van der Waals surface area contributed by atoms with E-state index in [-0.39, 0.29) is 19.6 Å². The summed E-state index contributed by atoms with van der Waals surface area (Å²) in [5.41, 5.74) is -1.63. The van der Waals surface area contributed by atoms with E-state index in [1.807, 2.05) is 0 Å². The van der Waals surface area contributed by atoms with Crippen molar-refractivity contribution in [2.75, 3.05) is 98.5 Å². The molecule has 0 saturated heterocycles. The fraction of sp³-hybridized carbons (Fsp3) is 0.900. The van der Waals surface area contributed by atoms with Gasteiger partial charge in [-0.3, -0.25) is 0 Å². The van der Waals surface area contributed by atoms with Crippen LogP contribution in [0, 0.1) is 0 Å². The Bertz CT molecular complexity index is 1050. The zero-order valence-corrected chi connectivity index (χ0v) is 37.6. The van der Waals surface area contributed by atoms with Crippen molar-refractivity contribution < 1.29 is 39.8 Å². The summed E-state index contributed by atoms with van der Waals surface area (Å²) in [4.78, 5) is 40.5. The molecule has 1 aromatic rings. The summed E-state index contributed by atoms with van der Waals surface area (Å²) in [6.07, 6.45) is 4.45. The van der Waals surface area contributed by atoms with Crippen LogP contribution >= 0.6 is 35.3 Å². The number of hydrogen-bond donors (Lipinski definition) is 0. The zero-order valence-electron chi connectivity index (χ0n) is 32.2. The van der Waals surface area contributed by atoms with Gasteiger partial charge in [-0.15, -0.1) is 0 Å². The lowest BCUT2D eigenvalue weighted by atomic mass is 10.4. The zero-order chi connectivity index (χ0) is 38.2. The molecule has 0 fully saturated rings. The third-order valence-electron chi connectivity index (χ3n) is 8.51. The lowest BCUT2D eigenvalue weighted by Gasteiger charge is -2.24. The molecule has 1 heterocycles. The lowest BCUT2D eigenvalue weighted by molar-refractivity contribution is 0.123. The Morgan fingerprint density at radius 2 is 0.569 bits per heavy atom. The van der Waals surface area contributed by atoms with Crippen LogP contribution in [0.5, 0.6) is 0 Å². The van der Waals surface area contributed by atoms with Gasteiger partial charge in [-0.05, 0) is 73.0 Å². The molecule has 0 unspecified atom stereocenters. The summed E-state index contributed by atoms with van der Waals surface area (Å²) in [6.45, 7) is 0.737. The summed E-state index contributed by atoms with van der Waals surface area (Å²) >= 11 is 5.22. The van der Waals surface area contributed by atoms with Crippen molar-refractivity contribution in [3.8, 4) is 0 Å². The molecule has 300 valence electrons. The van der Waals surface area contributed by atoms with E-state index < -0.39 is 43.5 Å². The van der Waals surface area contributed by atoms with Gasteiger partial charge < -0.3 is 39.8 Å². The van der Waals surface area contributed by atoms with E-state index in [1.165, 1.54) is 13.7 Å². The molecule has 0 atom stereocenters. The number of hydrogen-bond acceptors (Lipinski definition) is 15. The molecule has 0 aliphatic heterocycles. The van der Waals surface area contributed by atoms with Crippen molar-refractivity contribution in [2.24, 2.45) is 0 Å². The van der Waals surface area contributed by atoms with E-state index in [1.54, 1.807) is 99.3 Å². The summed E-state index contributed by atoms with van der Waals surface area (Å²) < 4.78 is 53.1. The van der Waals surface area contributed by atoms with Crippen molar-refractivity contribution >= 4 is 61.7 Å². The molecule has 0 N–H and O–H groups in total. The molecule has 0 saturated carbocycles. The second kappa shape index (κ2) is 27.4. The van der Waals surface area contributed by atoms with Gasteiger partial charge in [-0.1, -0.05) is 0 Å². The van der Waals surface area contributed by atoms with Crippen molar-refractivity contribution in [2.45, 2.75) is 76.3 Å². The quantitative estimate of drug-likeness (QED) is 0.0752. The molecule has 0 aliphatic carbocycles. The Labute approximate surface area is 320 Å². The summed E-state index contributed by atoms with van der Waals surface area (Å²) in [5, 5.41) is 0. The third kappa shape index (κ3) is 16.2. The maximum absolute atomic E-state index is 13.5. The summed E-state index contributed by atoms with van der Waals surface area (Å²) in [6, 6.07) is 2.13. The van der Waals surface area contributed by atoms with Gasteiger partial charge >= 0.3 is 43.5 Å². The van der Waals surface area contributed by atoms with Crippen LogP contribution in [0.15, 0.2) is 14.4 Å². The van der Waals surface area contributed by atoms with Crippen LogP contribution in [-0.2, 0) is 59.5 Å². The maximum Gasteiger partial charge on any atom is 0.500 e. The molecule has 0 aliphatic rings. The number of rotatable bonds is 33. The molecular formula is C30H63N3O12S3Si3. The van der Waals surface area contributed by atoms with E-state index >= 15 is 0 Å². The van der Waals surface area contributed by atoms with Crippen LogP contribution in [0.2, 0.25) is 18.1 Å². The Kier molecular flexibility index (Phi) is 26.2. The first-order chi connectivity index (χ1) is 24.6. The van der Waals surface area contributed by atoms with Crippen molar-refractivity contribution in [3.05, 3.63) is 31.5 Å². The molecular weight excluding hydrogens is 775 g/mol. The van der Waals surface area contributed by atoms with Crippen LogP contribution < -0.4 is 17.1 Å². The minimum absolute atomic E-state index is 0.246. The summed E-state index contributed by atoms with van der Waals surface area (Å²) in [5.74, 6) is 4.90. The fourth-order valence-corrected chi connectivity index (χ4v) is 14.0. The van der Waals surface area contributed by atoms with Crippen LogP contribution in [0.3, 0.4) is 0 Å². The van der Waals surface area contributed by atoms with Gasteiger partial charge in [0.05, 0.1) is 0 Å². The van der Waals surface area contributed by atoms with Gasteiger partial charge in [0.25, 0.3) is 0 Å². The topological polar surface area (TPSA) is 149 Å². The first-order valence-electron chi connectivity index (χ1n) is 17.2. The monoisotopic (exact) mass is 837 g/mol. The Hall–Kier alpha value is -0.249. The number of nitrogens with zero attached hydrogens (tertiary/aromatic N) is 3. The molecule has 0 spiro atoms. The molecule has 1 rings (SSSR count). The SMILES string of the molecule is CO[Si](CCCSCCCn1c(=O)n(CCCSCCC[Si](OC)(OC)OC)c(=O)n(CCCSCCC[Si](OC)(OC)OC)c1=O)(OC)OC. The Morgan fingerprint density at radius 1 is 0.373 bits per heavy atom. The van der Waals surface area contributed by atoms with E-state index in [0.29, 0.717) is 37.4 Å². The van der Waals surface area contributed by atoms with Crippen LogP contribution in [0.4, 0.5) is 0 Å². The predicted molar refractivity (Wildman–Crippen MR) is 214 cm³/mol. The lowest BCUT2D eigenvalue weighted by Crippen LogP contribution is -2.54. The molecule has 51 heavy (non-hydrogen) atoms. The molecule has 0 radical (unpaired) electrons. The maximum atomic E-state index is 13.5. The normalized spacial score (nSPS) is 12.6. The van der Waals surface area contributed by atoms with Crippen LogP contribution in [-0.4, -0.2) is 139 Å². The smallest absolute Gasteiger partial charge is 0.377 e. The standard InChI is InChI=1S/C30H63N3O12S3Si3/c1-37-49(38-2,39-3)25-13-22-46-19-10-16-31-28(34)32(17-11-20-47-23-14-26-50(40-4,41-5)42-6)30(36)33(29(31)35)18-12-21-48-24-15-27-51(43-7,44-8)45-9/h10-27H2,1-9H3. The van der Waals surface area contributed by atoms with Gasteiger partial charge in [0.1, 0.15) is 0 Å². The van der Waals surface area contributed by atoms with Crippen molar-refractivity contribution in [1.82, 2.24) is 13.7 Å². The van der Waals surface area contributed by atoms with E-state index in [0.717, 1.165) is 53.8 Å². The first-order valence-corrected chi connectivity index (χ1v) is 26.5. The predicted octanol–water partition coefficient (Wildman–Crippen LogP) is 3.35. The van der Waals surface area contributed by atoms with Crippen molar-refractivity contribution in [3.63, 3.8) is 0 Å². The molecule has 0 aromatic carbocycles. The largest absolute Gasteiger partial charge is 0.500 e. The highest BCUT2D eigenvalue weighted by molar-refractivity contribution is 7.99. The second-order valence-electron chi connectivity index (χ2n) is 11.4. The highest BCUT2D eigenvalue weighted by atomic mass is 32.2. The van der Waals surface area contributed by atoms with Gasteiger partial charge in [-0.2, -0.15) is 35.3 Å². The minimum atomic E-state index is -2.60. The molecule has 15 nitrogen and oxygen atoms in total. The van der Waals surface area contributed by atoms with E-state index in [9.17, 15) is 14.4 Å². The molecule has 0 amide bonds. The number of thioether (sulfide) groups is 3. The van der Waals surface area contributed by atoms with Gasteiger partial charge in [0.2, 0.25) is 0 Å². The number of aromatic nitrogens is 3. The Morgan fingerprint density at radius 3 is 0.765 bits per heavy atom.